The van der Waals surface area contributed by atoms with Gasteiger partial charge in [-0.3, -0.25) is 0 Å². The van der Waals surface area contributed by atoms with Gasteiger partial charge in [-0.25, -0.2) is 13.6 Å². The fourth-order valence-corrected chi connectivity index (χ4v) is 1.70. The lowest BCUT2D eigenvalue weighted by Gasteiger charge is -2.02. The Kier molecular flexibility index (Phi) is 2.80. The van der Waals surface area contributed by atoms with Crippen LogP contribution in [-0.2, 0) is 15.9 Å². The summed E-state index contributed by atoms with van der Waals surface area (Å²) in [5, 5.41) is 4.92. The van der Waals surface area contributed by atoms with Crippen molar-refractivity contribution < 1.29 is 8.42 Å². The van der Waals surface area contributed by atoms with E-state index in [1.807, 2.05) is 0 Å². The van der Waals surface area contributed by atoms with Crippen molar-refractivity contribution in [3.63, 3.8) is 0 Å². The van der Waals surface area contributed by atoms with Crippen LogP contribution in [0.1, 0.15) is 5.56 Å². The number of anilines is 1. The minimum atomic E-state index is -3.70. The molecule has 0 spiro atoms. The highest BCUT2D eigenvalue weighted by atomic mass is 35.5. The number of primary sulfonamides is 1. The van der Waals surface area contributed by atoms with Gasteiger partial charge in [-0.05, 0) is 23.8 Å². The van der Waals surface area contributed by atoms with Crippen molar-refractivity contribution in [1.29, 1.82) is 0 Å². The second kappa shape index (κ2) is 3.53. The summed E-state index contributed by atoms with van der Waals surface area (Å²) >= 11 is 5.53. The molecule has 4 N–H and O–H groups in total. The summed E-state index contributed by atoms with van der Waals surface area (Å²) in [5.74, 6) is 0.202. The van der Waals surface area contributed by atoms with E-state index in [0.29, 0.717) is 11.3 Å². The fraction of sp³-hybridized carbons (Fsp3) is 0.143. The highest BCUT2D eigenvalue weighted by Crippen LogP contribution is 2.16. The van der Waals surface area contributed by atoms with Gasteiger partial charge in [0.25, 0.3) is 0 Å². The van der Waals surface area contributed by atoms with Gasteiger partial charge in [0.05, 0.1) is 4.90 Å². The SMILES string of the molecule is Nc1cc(CCl)cc(S(N)(=O)=O)c1. The monoisotopic (exact) mass is 220 g/mol. The minimum absolute atomic E-state index is 0.0110. The third kappa shape index (κ3) is 2.58. The molecule has 0 unspecified atom stereocenters. The molecule has 1 aromatic carbocycles. The van der Waals surface area contributed by atoms with E-state index >= 15 is 0 Å². The van der Waals surface area contributed by atoms with E-state index in [1.165, 1.54) is 12.1 Å². The molecule has 4 nitrogen and oxygen atoms in total. The number of hydrogen-bond acceptors (Lipinski definition) is 3. The molecule has 6 heteroatoms. The zero-order chi connectivity index (χ0) is 10.1. The highest BCUT2D eigenvalue weighted by Gasteiger charge is 2.09. The molecule has 0 aromatic heterocycles. The molecule has 1 rings (SSSR count). The van der Waals surface area contributed by atoms with Crippen LogP contribution >= 0.6 is 11.6 Å². The van der Waals surface area contributed by atoms with Crippen molar-refractivity contribution in [1.82, 2.24) is 0 Å². The summed E-state index contributed by atoms with van der Waals surface area (Å²) in [6, 6.07) is 4.30. The lowest BCUT2D eigenvalue weighted by Crippen LogP contribution is -2.12. The van der Waals surface area contributed by atoms with Crippen LogP contribution in [0.2, 0.25) is 0 Å². The largest absolute Gasteiger partial charge is 0.399 e. The summed E-state index contributed by atoms with van der Waals surface area (Å²) in [4.78, 5) is -0.0110. The number of benzene rings is 1. The highest BCUT2D eigenvalue weighted by molar-refractivity contribution is 7.89. The van der Waals surface area contributed by atoms with Gasteiger partial charge < -0.3 is 5.73 Å². The van der Waals surface area contributed by atoms with Crippen LogP contribution in [0.4, 0.5) is 5.69 Å². The molecule has 0 aliphatic heterocycles. The van der Waals surface area contributed by atoms with Crippen LogP contribution < -0.4 is 10.9 Å². The molecule has 72 valence electrons. The van der Waals surface area contributed by atoms with Crippen LogP contribution in [0.25, 0.3) is 0 Å². The molecule has 0 amide bonds. The van der Waals surface area contributed by atoms with E-state index in [9.17, 15) is 8.42 Å². The average Bonchev–Trinajstić information content (AvgIpc) is 2.01. The normalized spacial score (nSPS) is 11.5. The van der Waals surface area contributed by atoms with Crippen LogP contribution in [0, 0.1) is 0 Å². The number of nitrogen functional groups attached to an aromatic ring is 1. The van der Waals surface area contributed by atoms with E-state index in [4.69, 9.17) is 22.5 Å². The standard InChI is InChI=1S/C7H9ClN2O2S/c8-4-5-1-6(9)3-7(2-5)13(10,11)12/h1-3H,4,9H2,(H2,10,11,12). The maximum Gasteiger partial charge on any atom is 0.238 e. The third-order valence-electron chi connectivity index (χ3n) is 1.47. The molecule has 0 radical (unpaired) electrons. The van der Waals surface area contributed by atoms with Gasteiger partial charge >= 0.3 is 0 Å². The molecule has 0 aliphatic rings. The minimum Gasteiger partial charge on any atom is -0.399 e. The molecule has 0 aliphatic carbocycles. The van der Waals surface area contributed by atoms with Crippen LogP contribution in [0.5, 0.6) is 0 Å². The Labute approximate surface area is 81.5 Å². The maximum atomic E-state index is 10.9. The van der Waals surface area contributed by atoms with E-state index in [1.54, 1.807) is 6.07 Å². The predicted molar refractivity (Wildman–Crippen MR) is 51.8 cm³/mol. The zero-order valence-corrected chi connectivity index (χ0v) is 8.27. The van der Waals surface area contributed by atoms with Crippen molar-refractivity contribution >= 4 is 27.3 Å². The number of alkyl halides is 1. The van der Waals surface area contributed by atoms with Crippen LogP contribution in [0.15, 0.2) is 23.1 Å². The smallest absolute Gasteiger partial charge is 0.238 e. The van der Waals surface area contributed by atoms with Crippen molar-refractivity contribution in [2.45, 2.75) is 10.8 Å². The Morgan fingerprint density at radius 1 is 1.31 bits per heavy atom. The fourth-order valence-electron chi connectivity index (χ4n) is 0.927. The third-order valence-corrected chi connectivity index (χ3v) is 2.67. The predicted octanol–water partition coefficient (Wildman–Crippen LogP) is 0.655. The van der Waals surface area contributed by atoms with Crippen molar-refractivity contribution in [2.24, 2.45) is 5.14 Å². The molecule has 0 saturated heterocycles. The maximum absolute atomic E-state index is 10.9. The first-order valence-electron chi connectivity index (χ1n) is 3.41. The summed E-state index contributed by atoms with van der Waals surface area (Å²) in [6.07, 6.45) is 0. The molecule has 1 aromatic rings. The summed E-state index contributed by atoms with van der Waals surface area (Å²) in [6.45, 7) is 0. The topological polar surface area (TPSA) is 86.2 Å². The van der Waals surface area contributed by atoms with Gasteiger partial charge in [0.1, 0.15) is 0 Å². The van der Waals surface area contributed by atoms with Crippen LogP contribution in [-0.4, -0.2) is 8.42 Å². The van der Waals surface area contributed by atoms with E-state index in [-0.39, 0.29) is 10.8 Å². The Bertz CT molecular complexity index is 417. The Hall–Kier alpha value is -0.780. The summed E-state index contributed by atoms with van der Waals surface area (Å²) in [5.41, 5.74) is 6.42. The van der Waals surface area contributed by atoms with Gasteiger partial charge in [-0.2, -0.15) is 0 Å². The number of sulfonamides is 1. The van der Waals surface area contributed by atoms with E-state index in [2.05, 4.69) is 0 Å². The van der Waals surface area contributed by atoms with Gasteiger partial charge in [0.2, 0.25) is 10.0 Å². The molecule has 0 fully saturated rings. The second-order valence-corrected chi connectivity index (χ2v) is 4.42. The number of halogens is 1. The molecule has 0 atom stereocenters. The van der Waals surface area contributed by atoms with E-state index < -0.39 is 10.0 Å². The molecule has 0 bridgehead atoms. The number of hydrogen-bond donors (Lipinski definition) is 2. The average molecular weight is 221 g/mol. The Morgan fingerprint density at radius 3 is 2.38 bits per heavy atom. The lowest BCUT2D eigenvalue weighted by molar-refractivity contribution is 0.597. The van der Waals surface area contributed by atoms with Crippen molar-refractivity contribution in [3.05, 3.63) is 23.8 Å². The Balaban J connectivity index is 3.33. The van der Waals surface area contributed by atoms with Gasteiger partial charge in [-0.1, -0.05) is 0 Å². The first kappa shape index (κ1) is 10.3. The van der Waals surface area contributed by atoms with Crippen LogP contribution in [0.3, 0.4) is 0 Å². The molecule has 0 saturated carbocycles. The first-order valence-corrected chi connectivity index (χ1v) is 5.50. The molecular weight excluding hydrogens is 212 g/mol. The lowest BCUT2D eigenvalue weighted by atomic mass is 10.2. The van der Waals surface area contributed by atoms with Gasteiger partial charge in [0.15, 0.2) is 0 Å². The number of nitrogens with two attached hydrogens (primary N) is 2. The molecular formula is C7H9ClN2O2S. The van der Waals surface area contributed by atoms with Gasteiger partial charge in [-0.15, -0.1) is 11.6 Å². The quantitative estimate of drug-likeness (QED) is 0.567. The number of rotatable bonds is 2. The molecule has 13 heavy (non-hydrogen) atoms. The second-order valence-electron chi connectivity index (χ2n) is 2.59. The van der Waals surface area contributed by atoms with Crippen molar-refractivity contribution in [2.75, 3.05) is 5.73 Å². The zero-order valence-electron chi connectivity index (χ0n) is 6.70. The summed E-state index contributed by atoms with van der Waals surface area (Å²) < 4.78 is 21.9. The van der Waals surface area contributed by atoms with Gasteiger partial charge in [0, 0.05) is 11.6 Å². The summed E-state index contributed by atoms with van der Waals surface area (Å²) in [7, 11) is -3.70. The molecule has 0 heterocycles. The van der Waals surface area contributed by atoms with Crippen molar-refractivity contribution in [3.8, 4) is 0 Å². The first-order chi connectivity index (χ1) is 5.93. The van der Waals surface area contributed by atoms with E-state index in [0.717, 1.165) is 0 Å². The Morgan fingerprint density at radius 2 is 1.92 bits per heavy atom.